The Labute approximate surface area is 102 Å². The maximum absolute atomic E-state index is 8.52. The van der Waals surface area contributed by atoms with Gasteiger partial charge in [-0.3, -0.25) is 0 Å². The highest BCUT2D eigenvalue weighted by Crippen LogP contribution is 2.04. The number of amidine groups is 1. The summed E-state index contributed by atoms with van der Waals surface area (Å²) in [5.74, 6) is 2.73. The fourth-order valence-corrected chi connectivity index (χ4v) is 1.39. The smallest absolute Gasteiger partial charge is 0.170 e. The van der Waals surface area contributed by atoms with Crippen LogP contribution in [0.3, 0.4) is 0 Å². The first-order valence-corrected chi connectivity index (χ1v) is 5.41. The highest BCUT2D eigenvalue weighted by atomic mass is 16.4. The van der Waals surface area contributed by atoms with Crippen LogP contribution in [0.15, 0.2) is 29.4 Å². The summed E-state index contributed by atoms with van der Waals surface area (Å²) in [5.41, 5.74) is 7.30. The van der Waals surface area contributed by atoms with E-state index >= 15 is 0 Å². The van der Waals surface area contributed by atoms with Gasteiger partial charge >= 0.3 is 0 Å². The number of nitrogens with one attached hydrogen (secondary N) is 1. The van der Waals surface area contributed by atoms with Gasteiger partial charge in [0.1, 0.15) is 0 Å². The van der Waals surface area contributed by atoms with Crippen molar-refractivity contribution >= 4 is 5.84 Å². The Morgan fingerprint density at radius 3 is 2.71 bits per heavy atom. The lowest BCUT2D eigenvalue weighted by atomic mass is 10.1. The second kappa shape index (κ2) is 6.56. The van der Waals surface area contributed by atoms with Gasteiger partial charge in [0.15, 0.2) is 5.84 Å². The van der Waals surface area contributed by atoms with Crippen molar-refractivity contribution in [2.45, 2.75) is 25.9 Å². The second-order valence-electron chi connectivity index (χ2n) is 3.87. The normalized spacial score (nSPS) is 13.1. The van der Waals surface area contributed by atoms with Gasteiger partial charge in [-0.05, 0) is 12.5 Å². The maximum Gasteiger partial charge on any atom is 0.170 e. The molecule has 1 aromatic rings. The number of oxime groups is 1. The van der Waals surface area contributed by atoms with Crippen LogP contribution in [0.25, 0.3) is 0 Å². The van der Waals surface area contributed by atoms with Crippen molar-refractivity contribution in [3.63, 3.8) is 0 Å². The minimum Gasteiger partial charge on any atom is -0.409 e. The Hall–Kier alpha value is -1.99. The van der Waals surface area contributed by atoms with Crippen LogP contribution in [0.2, 0.25) is 0 Å². The van der Waals surface area contributed by atoms with Gasteiger partial charge < -0.3 is 16.3 Å². The first-order chi connectivity index (χ1) is 8.17. The average molecular weight is 231 g/mol. The SMILES string of the molecule is C#CCC(C)NCc1ccc(/C(N)=N/O)cc1. The van der Waals surface area contributed by atoms with E-state index < -0.39 is 0 Å². The number of hydrogen-bond acceptors (Lipinski definition) is 3. The zero-order valence-electron chi connectivity index (χ0n) is 9.85. The van der Waals surface area contributed by atoms with Crippen LogP contribution in [0.1, 0.15) is 24.5 Å². The number of nitrogens with two attached hydrogens (primary N) is 1. The van der Waals surface area contributed by atoms with E-state index in [0.717, 1.165) is 12.1 Å². The van der Waals surface area contributed by atoms with Gasteiger partial charge in [-0.1, -0.05) is 29.4 Å². The fourth-order valence-electron chi connectivity index (χ4n) is 1.39. The van der Waals surface area contributed by atoms with E-state index in [1.165, 1.54) is 0 Å². The van der Waals surface area contributed by atoms with Crippen molar-refractivity contribution in [3.8, 4) is 12.3 Å². The number of nitrogens with zero attached hydrogens (tertiary/aromatic N) is 1. The molecular formula is C13H17N3O. The summed E-state index contributed by atoms with van der Waals surface area (Å²) in [4.78, 5) is 0. The van der Waals surface area contributed by atoms with Crippen molar-refractivity contribution in [1.29, 1.82) is 0 Å². The first-order valence-electron chi connectivity index (χ1n) is 5.41. The molecular weight excluding hydrogens is 214 g/mol. The van der Waals surface area contributed by atoms with Crippen LogP contribution < -0.4 is 11.1 Å². The molecule has 1 unspecified atom stereocenters. The van der Waals surface area contributed by atoms with Gasteiger partial charge in [0, 0.05) is 24.6 Å². The van der Waals surface area contributed by atoms with Crippen molar-refractivity contribution in [2.75, 3.05) is 0 Å². The van der Waals surface area contributed by atoms with E-state index in [0.29, 0.717) is 18.0 Å². The molecule has 0 saturated heterocycles. The molecule has 0 aliphatic carbocycles. The standard InChI is InChI=1S/C13H17N3O/c1-3-4-10(2)15-9-11-5-7-12(8-6-11)13(14)16-17/h1,5-8,10,15,17H,4,9H2,2H3,(H2,14,16). The molecule has 4 nitrogen and oxygen atoms in total. The van der Waals surface area contributed by atoms with Crippen molar-refractivity contribution in [1.82, 2.24) is 5.32 Å². The molecule has 0 aliphatic rings. The molecule has 0 radical (unpaired) electrons. The lowest BCUT2D eigenvalue weighted by Crippen LogP contribution is -2.24. The molecule has 0 heterocycles. The average Bonchev–Trinajstić information content (AvgIpc) is 2.36. The predicted molar refractivity (Wildman–Crippen MR) is 68.7 cm³/mol. The third-order valence-corrected chi connectivity index (χ3v) is 2.44. The van der Waals surface area contributed by atoms with Gasteiger partial charge in [0.25, 0.3) is 0 Å². The topological polar surface area (TPSA) is 70.6 Å². The molecule has 0 fully saturated rings. The number of terminal acetylenes is 1. The van der Waals surface area contributed by atoms with E-state index in [9.17, 15) is 0 Å². The number of rotatable bonds is 5. The monoisotopic (exact) mass is 231 g/mol. The second-order valence-corrected chi connectivity index (χ2v) is 3.87. The summed E-state index contributed by atoms with van der Waals surface area (Å²) in [7, 11) is 0. The van der Waals surface area contributed by atoms with Gasteiger partial charge in [-0.25, -0.2) is 0 Å². The third-order valence-electron chi connectivity index (χ3n) is 2.44. The molecule has 90 valence electrons. The van der Waals surface area contributed by atoms with Gasteiger partial charge in [0.05, 0.1) is 0 Å². The van der Waals surface area contributed by atoms with Crippen LogP contribution in [-0.2, 0) is 6.54 Å². The molecule has 1 atom stereocenters. The molecule has 17 heavy (non-hydrogen) atoms. The van der Waals surface area contributed by atoms with Gasteiger partial charge in [0.2, 0.25) is 0 Å². The van der Waals surface area contributed by atoms with Gasteiger partial charge in [-0.2, -0.15) is 0 Å². The summed E-state index contributed by atoms with van der Waals surface area (Å²) in [6.07, 6.45) is 5.94. The molecule has 0 spiro atoms. The van der Waals surface area contributed by atoms with E-state index in [4.69, 9.17) is 17.4 Å². The largest absolute Gasteiger partial charge is 0.409 e. The Morgan fingerprint density at radius 1 is 1.53 bits per heavy atom. The molecule has 0 aromatic heterocycles. The number of benzene rings is 1. The lowest BCUT2D eigenvalue weighted by molar-refractivity contribution is 0.318. The Kier molecular flexibility index (Phi) is 5.05. The molecule has 4 N–H and O–H groups in total. The van der Waals surface area contributed by atoms with Crippen LogP contribution in [0.4, 0.5) is 0 Å². The third kappa shape index (κ3) is 4.17. The van der Waals surface area contributed by atoms with E-state index in [1.807, 2.05) is 31.2 Å². The van der Waals surface area contributed by atoms with E-state index in [2.05, 4.69) is 16.4 Å². The summed E-state index contributed by atoms with van der Waals surface area (Å²) >= 11 is 0. The Morgan fingerprint density at radius 2 is 2.18 bits per heavy atom. The Balaban J connectivity index is 2.55. The highest BCUT2D eigenvalue weighted by molar-refractivity contribution is 5.96. The zero-order chi connectivity index (χ0) is 12.7. The van der Waals surface area contributed by atoms with Crippen LogP contribution in [0.5, 0.6) is 0 Å². The first kappa shape index (κ1) is 13.1. The fraction of sp³-hybridized carbons (Fsp3) is 0.308. The molecule has 4 heteroatoms. The summed E-state index contributed by atoms with van der Waals surface area (Å²) in [6.45, 7) is 2.80. The molecule has 0 aliphatic heterocycles. The maximum atomic E-state index is 8.52. The molecule has 1 aromatic carbocycles. The summed E-state index contributed by atoms with van der Waals surface area (Å²) in [5, 5.41) is 14.8. The van der Waals surface area contributed by atoms with Crippen LogP contribution in [-0.4, -0.2) is 17.1 Å². The minimum atomic E-state index is 0.116. The summed E-state index contributed by atoms with van der Waals surface area (Å²) < 4.78 is 0. The minimum absolute atomic E-state index is 0.116. The van der Waals surface area contributed by atoms with Crippen molar-refractivity contribution in [2.24, 2.45) is 10.9 Å². The van der Waals surface area contributed by atoms with Crippen LogP contribution >= 0.6 is 0 Å². The van der Waals surface area contributed by atoms with Crippen molar-refractivity contribution < 1.29 is 5.21 Å². The van der Waals surface area contributed by atoms with Gasteiger partial charge in [-0.15, -0.1) is 12.3 Å². The summed E-state index contributed by atoms with van der Waals surface area (Å²) in [6, 6.07) is 7.80. The van der Waals surface area contributed by atoms with E-state index in [-0.39, 0.29) is 5.84 Å². The molecule has 0 saturated carbocycles. The molecule has 0 amide bonds. The quantitative estimate of drug-likeness (QED) is 0.235. The van der Waals surface area contributed by atoms with Crippen LogP contribution in [0, 0.1) is 12.3 Å². The highest BCUT2D eigenvalue weighted by Gasteiger charge is 2.01. The predicted octanol–water partition coefficient (Wildman–Crippen LogP) is 1.28. The molecule has 1 rings (SSSR count). The zero-order valence-corrected chi connectivity index (χ0v) is 9.85. The van der Waals surface area contributed by atoms with Crippen molar-refractivity contribution in [3.05, 3.63) is 35.4 Å². The number of hydrogen-bond donors (Lipinski definition) is 3. The lowest BCUT2D eigenvalue weighted by Gasteiger charge is -2.10. The van der Waals surface area contributed by atoms with E-state index in [1.54, 1.807) is 0 Å². The molecule has 0 bridgehead atoms. The Bertz CT molecular complexity index is 417.